The number of nitrogens with one attached hydrogen (secondary N) is 1. The molecule has 2 aromatic carbocycles. The van der Waals surface area contributed by atoms with Crippen molar-refractivity contribution in [2.24, 2.45) is 0 Å². The highest BCUT2D eigenvalue weighted by Crippen LogP contribution is 2.32. The van der Waals surface area contributed by atoms with Gasteiger partial charge in [-0.05, 0) is 55.0 Å². The molecule has 0 aliphatic carbocycles. The lowest BCUT2D eigenvalue weighted by atomic mass is 10.2. The summed E-state index contributed by atoms with van der Waals surface area (Å²) in [5.74, 6) is 2.77. The zero-order valence-electron chi connectivity index (χ0n) is 14.6. The van der Waals surface area contributed by atoms with E-state index < -0.39 is 0 Å². The molecule has 0 saturated carbocycles. The molecule has 1 amide bonds. The van der Waals surface area contributed by atoms with Crippen LogP contribution in [0.2, 0.25) is 0 Å². The molecule has 26 heavy (non-hydrogen) atoms. The monoisotopic (exact) mass is 355 g/mol. The van der Waals surface area contributed by atoms with E-state index in [1.807, 2.05) is 49.4 Å². The van der Waals surface area contributed by atoms with E-state index in [1.165, 1.54) is 6.08 Å². The smallest absolute Gasteiger partial charge is 0.244 e. The van der Waals surface area contributed by atoms with Gasteiger partial charge in [0.1, 0.15) is 18.1 Å². The maximum atomic E-state index is 11.9. The average Bonchev–Trinajstić information content (AvgIpc) is 3.13. The van der Waals surface area contributed by atoms with E-state index in [0.29, 0.717) is 25.5 Å². The van der Waals surface area contributed by atoms with Crippen LogP contribution in [0.25, 0.3) is 6.08 Å². The van der Waals surface area contributed by atoms with Crippen molar-refractivity contribution in [2.75, 3.05) is 26.6 Å². The Bertz CT molecular complexity index is 770. The summed E-state index contributed by atoms with van der Waals surface area (Å²) in [7, 11) is 0. The van der Waals surface area contributed by atoms with E-state index in [2.05, 4.69) is 5.32 Å². The Morgan fingerprint density at radius 1 is 1.08 bits per heavy atom. The fourth-order valence-corrected chi connectivity index (χ4v) is 2.39. The summed E-state index contributed by atoms with van der Waals surface area (Å²) < 4.78 is 21.5. The Morgan fingerprint density at radius 2 is 1.81 bits per heavy atom. The van der Waals surface area contributed by atoms with Crippen molar-refractivity contribution in [2.45, 2.75) is 6.92 Å². The normalized spacial score (nSPS) is 12.2. The van der Waals surface area contributed by atoms with Crippen LogP contribution in [0.15, 0.2) is 48.5 Å². The number of hydrogen-bond donors (Lipinski definition) is 1. The molecule has 0 bridgehead atoms. The molecule has 1 N–H and O–H groups in total. The van der Waals surface area contributed by atoms with Crippen LogP contribution in [0.1, 0.15) is 12.5 Å². The molecular formula is C20H21NO5. The summed E-state index contributed by atoms with van der Waals surface area (Å²) in [4.78, 5) is 11.9. The molecule has 136 valence electrons. The Kier molecular flexibility index (Phi) is 5.98. The number of hydrogen-bond acceptors (Lipinski definition) is 5. The number of fused-ring (bicyclic) bond motifs is 1. The quantitative estimate of drug-likeness (QED) is 0.582. The molecule has 0 radical (unpaired) electrons. The molecule has 0 aromatic heterocycles. The molecule has 2 aromatic rings. The zero-order valence-corrected chi connectivity index (χ0v) is 14.6. The minimum absolute atomic E-state index is 0.182. The van der Waals surface area contributed by atoms with Crippen LogP contribution in [0, 0.1) is 0 Å². The van der Waals surface area contributed by atoms with Crippen LogP contribution < -0.4 is 24.3 Å². The van der Waals surface area contributed by atoms with Gasteiger partial charge in [0.15, 0.2) is 11.5 Å². The van der Waals surface area contributed by atoms with Gasteiger partial charge in [-0.15, -0.1) is 0 Å². The fraction of sp³-hybridized carbons (Fsp3) is 0.250. The van der Waals surface area contributed by atoms with Gasteiger partial charge in [0, 0.05) is 6.08 Å². The highest BCUT2D eigenvalue weighted by molar-refractivity contribution is 5.91. The van der Waals surface area contributed by atoms with Gasteiger partial charge in [-0.25, -0.2) is 0 Å². The maximum Gasteiger partial charge on any atom is 0.244 e. The number of amides is 1. The second-order valence-electron chi connectivity index (χ2n) is 5.49. The number of carbonyl (C=O) groups excluding carboxylic acids is 1. The SMILES string of the molecule is CCOc1ccc(OCCNC(=O)/C=C/c2ccc3c(c2)OCO3)cc1. The van der Waals surface area contributed by atoms with Gasteiger partial charge in [0.2, 0.25) is 12.7 Å². The molecule has 0 unspecified atom stereocenters. The summed E-state index contributed by atoms with van der Waals surface area (Å²) in [5, 5.41) is 2.78. The summed E-state index contributed by atoms with van der Waals surface area (Å²) in [6.07, 6.45) is 3.21. The Hall–Kier alpha value is -3.15. The van der Waals surface area contributed by atoms with Gasteiger partial charge in [0.25, 0.3) is 0 Å². The van der Waals surface area contributed by atoms with Crippen molar-refractivity contribution < 1.29 is 23.7 Å². The molecule has 0 saturated heterocycles. The highest BCUT2D eigenvalue weighted by Gasteiger charge is 2.12. The maximum absolute atomic E-state index is 11.9. The van der Waals surface area contributed by atoms with E-state index in [1.54, 1.807) is 6.08 Å². The Labute approximate surface area is 152 Å². The predicted molar refractivity (Wildman–Crippen MR) is 97.7 cm³/mol. The van der Waals surface area contributed by atoms with Crippen LogP contribution in [0.4, 0.5) is 0 Å². The van der Waals surface area contributed by atoms with E-state index in [0.717, 1.165) is 22.8 Å². The van der Waals surface area contributed by atoms with Gasteiger partial charge in [-0.2, -0.15) is 0 Å². The van der Waals surface area contributed by atoms with Gasteiger partial charge >= 0.3 is 0 Å². The topological polar surface area (TPSA) is 66.0 Å². The number of carbonyl (C=O) groups is 1. The first-order chi connectivity index (χ1) is 12.7. The molecule has 1 aliphatic heterocycles. The summed E-state index contributed by atoms with van der Waals surface area (Å²) in [5.41, 5.74) is 0.870. The van der Waals surface area contributed by atoms with Crippen LogP contribution in [-0.4, -0.2) is 32.5 Å². The molecular weight excluding hydrogens is 334 g/mol. The lowest BCUT2D eigenvalue weighted by Gasteiger charge is -2.08. The molecule has 1 heterocycles. The third-order valence-corrected chi connectivity index (χ3v) is 3.63. The standard InChI is InChI=1S/C20H21NO5/c1-2-23-16-5-7-17(8-6-16)24-12-11-21-20(22)10-4-15-3-9-18-19(13-15)26-14-25-18/h3-10,13H,2,11-12,14H2,1H3,(H,21,22)/b10-4+. The van der Waals surface area contributed by atoms with Crippen LogP contribution in [-0.2, 0) is 4.79 Å². The fourth-order valence-electron chi connectivity index (χ4n) is 2.39. The van der Waals surface area contributed by atoms with Crippen molar-refractivity contribution in [1.82, 2.24) is 5.32 Å². The van der Waals surface area contributed by atoms with Crippen molar-refractivity contribution in [3.8, 4) is 23.0 Å². The largest absolute Gasteiger partial charge is 0.494 e. The van der Waals surface area contributed by atoms with Crippen molar-refractivity contribution >= 4 is 12.0 Å². The molecule has 0 spiro atoms. The zero-order chi connectivity index (χ0) is 18.2. The average molecular weight is 355 g/mol. The Balaban J connectivity index is 1.38. The van der Waals surface area contributed by atoms with E-state index in [-0.39, 0.29) is 12.7 Å². The third kappa shape index (κ3) is 4.92. The first-order valence-corrected chi connectivity index (χ1v) is 8.46. The van der Waals surface area contributed by atoms with Gasteiger partial charge in [0.05, 0.1) is 13.2 Å². The highest BCUT2D eigenvalue weighted by atomic mass is 16.7. The van der Waals surface area contributed by atoms with Gasteiger partial charge in [-0.3, -0.25) is 4.79 Å². The lowest BCUT2D eigenvalue weighted by molar-refractivity contribution is -0.116. The van der Waals surface area contributed by atoms with Crippen molar-refractivity contribution in [1.29, 1.82) is 0 Å². The van der Waals surface area contributed by atoms with Gasteiger partial charge < -0.3 is 24.3 Å². The van der Waals surface area contributed by atoms with Gasteiger partial charge in [-0.1, -0.05) is 6.07 Å². The summed E-state index contributed by atoms with van der Waals surface area (Å²) in [6.45, 7) is 3.60. The molecule has 6 nitrogen and oxygen atoms in total. The molecule has 1 aliphatic rings. The third-order valence-electron chi connectivity index (χ3n) is 3.63. The van der Waals surface area contributed by atoms with E-state index >= 15 is 0 Å². The molecule has 0 atom stereocenters. The minimum atomic E-state index is -0.182. The van der Waals surface area contributed by atoms with Crippen molar-refractivity contribution in [3.05, 3.63) is 54.1 Å². The lowest BCUT2D eigenvalue weighted by Crippen LogP contribution is -2.26. The second kappa shape index (κ2) is 8.80. The molecule has 6 heteroatoms. The summed E-state index contributed by atoms with van der Waals surface area (Å²) >= 11 is 0. The number of benzene rings is 2. The summed E-state index contributed by atoms with van der Waals surface area (Å²) in [6, 6.07) is 12.9. The molecule has 0 fully saturated rings. The van der Waals surface area contributed by atoms with Crippen LogP contribution in [0.5, 0.6) is 23.0 Å². The van der Waals surface area contributed by atoms with E-state index in [9.17, 15) is 4.79 Å². The number of rotatable bonds is 8. The van der Waals surface area contributed by atoms with E-state index in [4.69, 9.17) is 18.9 Å². The van der Waals surface area contributed by atoms with Crippen LogP contribution in [0.3, 0.4) is 0 Å². The first kappa shape index (κ1) is 17.7. The Morgan fingerprint density at radius 3 is 2.58 bits per heavy atom. The minimum Gasteiger partial charge on any atom is -0.494 e. The van der Waals surface area contributed by atoms with Crippen molar-refractivity contribution in [3.63, 3.8) is 0 Å². The number of ether oxygens (including phenoxy) is 4. The van der Waals surface area contributed by atoms with Crippen LogP contribution >= 0.6 is 0 Å². The first-order valence-electron chi connectivity index (χ1n) is 8.46. The predicted octanol–water partition coefficient (Wildman–Crippen LogP) is 3.02. The molecule has 3 rings (SSSR count). The second-order valence-corrected chi connectivity index (χ2v) is 5.49.